The van der Waals surface area contributed by atoms with E-state index in [-0.39, 0.29) is 0 Å². The van der Waals surface area contributed by atoms with Crippen molar-refractivity contribution in [3.8, 4) is 5.82 Å². The second kappa shape index (κ2) is 5.06. The first-order valence-electron chi connectivity index (χ1n) is 6.02. The summed E-state index contributed by atoms with van der Waals surface area (Å²) in [4.78, 5) is 8.65. The highest BCUT2D eigenvalue weighted by Crippen LogP contribution is 2.20. The molecule has 2 heterocycles. The average molecular weight is 265 g/mol. The Balaban J connectivity index is 2.65. The van der Waals surface area contributed by atoms with E-state index in [2.05, 4.69) is 28.9 Å². The zero-order valence-corrected chi connectivity index (χ0v) is 11.9. The first-order valence-corrected chi connectivity index (χ1v) is 6.55. The molecule has 0 amide bonds. The van der Waals surface area contributed by atoms with Crippen molar-refractivity contribution in [1.29, 1.82) is 0 Å². The van der Waals surface area contributed by atoms with E-state index in [1.807, 2.05) is 18.5 Å². The number of hydrogen-bond donors (Lipinski definition) is 0. The Kier molecular flexibility index (Phi) is 3.66. The molecule has 5 heteroatoms. The van der Waals surface area contributed by atoms with Gasteiger partial charge in [0.1, 0.15) is 5.82 Å². The first-order chi connectivity index (χ1) is 8.58. The van der Waals surface area contributed by atoms with Crippen molar-refractivity contribution < 1.29 is 0 Å². The lowest BCUT2D eigenvalue weighted by Crippen LogP contribution is -2.08. The summed E-state index contributed by atoms with van der Waals surface area (Å²) in [5, 5.41) is 4.57. The van der Waals surface area contributed by atoms with Crippen molar-refractivity contribution in [2.75, 3.05) is 0 Å². The minimum atomic E-state index is 0.384. The lowest BCUT2D eigenvalue weighted by Gasteiger charge is -2.08. The molecule has 2 aromatic rings. The maximum absolute atomic E-state index is 5.95. The number of rotatable bonds is 3. The van der Waals surface area contributed by atoms with Crippen molar-refractivity contribution in [1.82, 2.24) is 19.7 Å². The van der Waals surface area contributed by atoms with Gasteiger partial charge in [0, 0.05) is 17.5 Å². The molecule has 0 unspecified atom stereocenters. The van der Waals surface area contributed by atoms with Gasteiger partial charge in [-0.05, 0) is 32.8 Å². The van der Waals surface area contributed by atoms with Gasteiger partial charge >= 0.3 is 0 Å². The van der Waals surface area contributed by atoms with Crippen LogP contribution in [0.2, 0.25) is 0 Å². The van der Waals surface area contributed by atoms with Gasteiger partial charge in [0.15, 0.2) is 5.82 Å². The molecule has 0 saturated carbocycles. The molecule has 0 atom stereocenters. The minimum Gasteiger partial charge on any atom is -0.241 e. The topological polar surface area (TPSA) is 43.6 Å². The van der Waals surface area contributed by atoms with E-state index in [1.165, 1.54) is 5.56 Å². The van der Waals surface area contributed by atoms with Gasteiger partial charge in [0.2, 0.25) is 0 Å². The SMILES string of the molecule is CCc1c(C)nn(-c2nc(C)ncc2CCl)c1C. The third kappa shape index (κ3) is 2.12. The van der Waals surface area contributed by atoms with Crippen LogP contribution in [0.15, 0.2) is 6.20 Å². The lowest BCUT2D eigenvalue weighted by molar-refractivity contribution is 0.781. The Morgan fingerprint density at radius 1 is 1.28 bits per heavy atom. The smallest absolute Gasteiger partial charge is 0.161 e. The molecule has 0 aliphatic rings. The average Bonchev–Trinajstić information content (AvgIpc) is 2.64. The van der Waals surface area contributed by atoms with Crippen molar-refractivity contribution in [3.05, 3.63) is 34.5 Å². The van der Waals surface area contributed by atoms with Crippen LogP contribution in [0.5, 0.6) is 0 Å². The Labute approximate surface area is 112 Å². The Hall–Kier alpha value is -1.42. The van der Waals surface area contributed by atoms with E-state index in [9.17, 15) is 0 Å². The molecular formula is C13H17ClN4. The summed E-state index contributed by atoms with van der Waals surface area (Å²) in [7, 11) is 0. The fraction of sp³-hybridized carbons (Fsp3) is 0.462. The van der Waals surface area contributed by atoms with Crippen molar-refractivity contribution in [2.24, 2.45) is 0 Å². The predicted octanol–water partition coefficient (Wildman–Crippen LogP) is 2.89. The highest BCUT2D eigenvalue weighted by molar-refractivity contribution is 6.17. The van der Waals surface area contributed by atoms with Gasteiger partial charge in [-0.1, -0.05) is 6.92 Å². The predicted molar refractivity (Wildman–Crippen MR) is 72.3 cm³/mol. The Morgan fingerprint density at radius 2 is 2.00 bits per heavy atom. The standard InChI is InChI=1S/C13H17ClN4/c1-5-12-8(2)17-18(9(12)3)13-11(6-14)7-15-10(4)16-13/h7H,5-6H2,1-4H3. The van der Waals surface area contributed by atoms with Crippen molar-refractivity contribution in [2.45, 2.75) is 40.0 Å². The summed E-state index contributed by atoms with van der Waals surface area (Å²) in [6.45, 7) is 8.09. The molecule has 0 fully saturated rings. The molecule has 0 spiro atoms. The van der Waals surface area contributed by atoms with E-state index in [0.717, 1.165) is 35.0 Å². The van der Waals surface area contributed by atoms with Crippen molar-refractivity contribution >= 4 is 11.6 Å². The number of alkyl halides is 1. The summed E-state index contributed by atoms with van der Waals surface area (Å²) in [5.41, 5.74) is 4.34. The summed E-state index contributed by atoms with van der Waals surface area (Å²) in [6.07, 6.45) is 2.74. The van der Waals surface area contributed by atoms with Gasteiger partial charge in [-0.3, -0.25) is 0 Å². The second-order valence-electron chi connectivity index (χ2n) is 4.31. The van der Waals surface area contributed by atoms with Gasteiger partial charge in [-0.25, -0.2) is 14.6 Å². The molecule has 0 bridgehead atoms. The molecule has 96 valence electrons. The van der Waals surface area contributed by atoms with E-state index in [1.54, 1.807) is 6.20 Å². The summed E-state index contributed by atoms with van der Waals surface area (Å²) in [6, 6.07) is 0. The molecule has 2 rings (SSSR count). The molecule has 0 aliphatic carbocycles. The molecule has 18 heavy (non-hydrogen) atoms. The molecule has 4 nitrogen and oxygen atoms in total. The monoisotopic (exact) mass is 264 g/mol. The number of hydrogen-bond acceptors (Lipinski definition) is 3. The third-order valence-electron chi connectivity index (χ3n) is 3.10. The van der Waals surface area contributed by atoms with Gasteiger partial charge in [-0.2, -0.15) is 5.10 Å². The lowest BCUT2D eigenvalue weighted by atomic mass is 10.1. The van der Waals surface area contributed by atoms with Gasteiger partial charge in [-0.15, -0.1) is 11.6 Å². The molecule has 0 aliphatic heterocycles. The van der Waals surface area contributed by atoms with E-state index < -0.39 is 0 Å². The summed E-state index contributed by atoms with van der Waals surface area (Å²) in [5.74, 6) is 1.90. The largest absolute Gasteiger partial charge is 0.241 e. The zero-order chi connectivity index (χ0) is 13.3. The normalized spacial score (nSPS) is 10.9. The molecular weight excluding hydrogens is 248 g/mol. The van der Waals surface area contributed by atoms with E-state index in [4.69, 9.17) is 11.6 Å². The second-order valence-corrected chi connectivity index (χ2v) is 4.58. The van der Waals surface area contributed by atoms with Gasteiger partial charge in [0.05, 0.1) is 11.6 Å². The van der Waals surface area contributed by atoms with Crippen LogP contribution >= 0.6 is 11.6 Å². The van der Waals surface area contributed by atoms with Crippen LogP contribution < -0.4 is 0 Å². The van der Waals surface area contributed by atoms with E-state index >= 15 is 0 Å². The molecule has 2 aromatic heterocycles. The highest BCUT2D eigenvalue weighted by atomic mass is 35.5. The summed E-state index contributed by atoms with van der Waals surface area (Å²) < 4.78 is 1.88. The van der Waals surface area contributed by atoms with Crippen molar-refractivity contribution in [3.63, 3.8) is 0 Å². The minimum absolute atomic E-state index is 0.384. The summed E-state index contributed by atoms with van der Waals surface area (Å²) >= 11 is 5.95. The number of aromatic nitrogens is 4. The maximum atomic E-state index is 5.95. The Morgan fingerprint density at radius 3 is 2.56 bits per heavy atom. The quantitative estimate of drug-likeness (QED) is 0.801. The maximum Gasteiger partial charge on any atom is 0.161 e. The van der Waals surface area contributed by atoms with Crippen LogP contribution in [-0.4, -0.2) is 19.7 Å². The van der Waals surface area contributed by atoms with E-state index in [0.29, 0.717) is 5.88 Å². The zero-order valence-electron chi connectivity index (χ0n) is 11.2. The molecule has 0 aromatic carbocycles. The van der Waals surface area contributed by atoms with Gasteiger partial charge < -0.3 is 0 Å². The number of nitrogens with zero attached hydrogens (tertiary/aromatic N) is 4. The van der Waals surface area contributed by atoms with Crippen LogP contribution in [0.25, 0.3) is 5.82 Å². The van der Waals surface area contributed by atoms with Crippen LogP contribution in [-0.2, 0) is 12.3 Å². The Bertz CT molecular complexity index is 575. The van der Waals surface area contributed by atoms with Crippen LogP contribution in [0.3, 0.4) is 0 Å². The van der Waals surface area contributed by atoms with Crippen LogP contribution in [0.1, 0.15) is 35.3 Å². The fourth-order valence-electron chi connectivity index (χ4n) is 2.15. The third-order valence-corrected chi connectivity index (χ3v) is 3.39. The highest BCUT2D eigenvalue weighted by Gasteiger charge is 2.15. The number of halogens is 1. The molecule has 0 saturated heterocycles. The molecule has 0 N–H and O–H groups in total. The first kappa shape index (κ1) is 13.0. The van der Waals surface area contributed by atoms with Crippen LogP contribution in [0, 0.1) is 20.8 Å². The molecule has 0 radical (unpaired) electrons. The fourth-order valence-corrected chi connectivity index (χ4v) is 2.34. The van der Waals surface area contributed by atoms with Crippen LogP contribution in [0.4, 0.5) is 0 Å². The van der Waals surface area contributed by atoms with Gasteiger partial charge in [0.25, 0.3) is 0 Å². The number of aryl methyl sites for hydroxylation is 2.